The summed E-state index contributed by atoms with van der Waals surface area (Å²) >= 11 is 0. The van der Waals surface area contributed by atoms with Crippen molar-refractivity contribution in [2.45, 2.75) is 19.8 Å². The van der Waals surface area contributed by atoms with Gasteiger partial charge in [-0.05, 0) is 53.4 Å². The van der Waals surface area contributed by atoms with Crippen LogP contribution in [-0.2, 0) is 0 Å². The van der Waals surface area contributed by atoms with Crippen LogP contribution in [0.4, 0.5) is 0 Å². The minimum Gasteiger partial charge on any atom is -0.437 e. The zero-order valence-corrected chi connectivity index (χ0v) is 19.6. The van der Waals surface area contributed by atoms with E-state index in [1.165, 1.54) is 16.3 Å². The maximum atomic E-state index is 5.92. The van der Waals surface area contributed by atoms with Crippen molar-refractivity contribution in [3.63, 3.8) is 0 Å². The molecular formula is C30H24N4O. The standard InChI is InChI=1S/C30H24N4O/c1-20(2)21-12-14-32-29(17-21)34-27-8-4-3-7-25(27)26-11-10-22(16-28(26)34)23-15-24(19-31-18-23)35-30-9-5-6-13-33-30/h3-20H,1-2H3. The van der Waals surface area contributed by atoms with E-state index in [-0.39, 0.29) is 0 Å². The fraction of sp³-hybridized carbons (Fsp3) is 0.100. The molecule has 0 aliphatic carbocycles. The number of benzene rings is 2. The molecule has 0 bridgehead atoms. The van der Waals surface area contributed by atoms with Crippen LogP contribution in [0.2, 0.25) is 0 Å². The number of nitrogens with zero attached hydrogens (tertiary/aromatic N) is 4. The number of ether oxygens (including phenoxy) is 1. The smallest absolute Gasteiger partial charge is 0.219 e. The van der Waals surface area contributed by atoms with Crippen molar-refractivity contribution in [2.75, 3.05) is 0 Å². The Labute approximate surface area is 203 Å². The summed E-state index contributed by atoms with van der Waals surface area (Å²) in [5, 5.41) is 2.39. The fourth-order valence-corrected chi connectivity index (χ4v) is 4.47. The Bertz CT molecular complexity index is 1650. The molecule has 2 aromatic carbocycles. The first-order valence-electron chi connectivity index (χ1n) is 11.7. The number of aromatic nitrogens is 4. The number of hydrogen-bond acceptors (Lipinski definition) is 4. The largest absolute Gasteiger partial charge is 0.437 e. The minimum atomic E-state index is 0.424. The van der Waals surface area contributed by atoms with Gasteiger partial charge in [0.1, 0.15) is 11.6 Å². The average Bonchev–Trinajstić information content (AvgIpc) is 3.23. The van der Waals surface area contributed by atoms with Gasteiger partial charge in [-0.3, -0.25) is 9.55 Å². The third-order valence-electron chi connectivity index (χ3n) is 6.25. The van der Waals surface area contributed by atoms with Crippen molar-refractivity contribution >= 4 is 21.8 Å². The van der Waals surface area contributed by atoms with Crippen LogP contribution in [0.1, 0.15) is 25.3 Å². The Morgan fingerprint density at radius 3 is 2.43 bits per heavy atom. The van der Waals surface area contributed by atoms with Crippen LogP contribution in [0.25, 0.3) is 38.8 Å². The van der Waals surface area contributed by atoms with Crippen LogP contribution in [0, 0.1) is 0 Å². The van der Waals surface area contributed by atoms with E-state index < -0.39 is 0 Å². The number of pyridine rings is 3. The van der Waals surface area contributed by atoms with Crippen LogP contribution in [0.3, 0.4) is 0 Å². The molecule has 0 saturated carbocycles. The van der Waals surface area contributed by atoms with Crippen molar-refractivity contribution in [3.8, 4) is 28.6 Å². The molecule has 0 N–H and O–H groups in total. The van der Waals surface area contributed by atoms with Gasteiger partial charge in [-0.25, -0.2) is 9.97 Å². The van der Waals surface area contributed by atoms with E-state index >= 15 is 0 Å². The van der Waals surface area contributed by atoms with Gasteiger partial charge in [0.05, 0.1) is 17.2 Å². The normalized spacial score (nSPS) is 11.4. The predicted octanol–water partition coefficient (Wildman–Crippen LogP) is 7.55. The van der Waals surface area contributed by atoms with Gasteiger partial charge in [-0.15, -0.1) is 0 Å². The Morgan fingerprint density at radius 2 is 1.57 bits per heavy atom. The van der Waals surface area contributed by atoms with Crippen LogP contribution < -0.4 is 4.74 Å². The summed E-state index contributed by atoms with van der Waals surface area (Å²) in [4.78, 5) is 13.4. The van der Waals surface area contributed by atoms with E-state index in [1.807, 2.05) is 36.7 Å². The van der Waals surface area contributed by atoms with Crippen LogP contribution >= 0.6 is 0 Å². The predicted molar refractivity (Wildman–Crippen MR) is 140 cm³/mol. The van der Waals surface area contributed by atoms with Crippen LogP contribution in [0.15, 0.2) is 104 Å². The summed E-state index contributed by atoms with van der Waals surface area (Å²) in [5.74, 6) is 2.53. The van der Waals surface area contributed by atoms with Crippen molar-refractivity contribution in [2.24, 2.45) is 0 Å². The van der Waals surface area contributed by atoms with Gasteiger partial charge in [-0.2, -0.15) is 0 Å². The monoisotopic (exact) mass is 456 g/mol. The molecule has 4 aromatic heterocycles. The van der Waals surface area contributed by atoms with Crippen LogP contribution in [0.5, 0.6) is 11.6 Å². The van der Waals surface area contributed by atoms with E-state index in [4.69, 9.17) is 9.72 Å². The second kappa shape index (κ2) is 8.69. The van der Waals surface area contributed by atoms with Crippen molar-refractivity contribution < 1.29 is 4.74 Å². The molecule has 0 radical (unpaired) electrons. The van der Waals surface area contributed by atoms with Gasteiger partial charge in [-0.1, -0.05) is 50.2 Å². The van der Waals surface area contributed by atoms with E-state index in [2.05, 4.69) is 83.0 Å². The molecule has 5 heteroatoms. The summed E-state index contributed by atoms with van der Waals surface area (Å²) in [5.41, 5.74) is 5.54. The molecule has 6 aromatic rings. The Morgan fingerprint density at radius 1 is 0.714 bits per heavy atom. The van der Waals surface area contributed by atoms with Crippen molar-refractivity contribution in [1.29, 1.82) is 0 Å². The summed E-state index contributed by atoms with van der Waals surface area (Å²) in [7, 11) is 0. The second-order valence-corrected chi connectivity index (χ2v) is 8.87. The van der Waals surface area contributed by atoms with Gasteiger partial charge < -0.3 is 4.74 Å². The molecule has 4 heterocycles. The van der Waals surface area contributed by atoms with Gasteiger partial charge in [0.2, 0.25) is 5.88 Å². The maximum Gasteiger partial charge on any atom is 0.219 e. The average molecular weight is 457 g/mol. The molecule has 35 heavy (non-hydrogen) atoms. The summed E-state index contributed by atoms with van der Waals surface area (Å²) in [6, 6.07) is 26.9. The first-order valence-corrected chi connectivity index (χ1v) is 11.7. The molecule has 0 aliphatic rings. The molecule has 0 aliphatic heterocycles. The lowest BCUT2D eigenvalue weighted by Crippen LogP contribution is -1.99. The third-order valence-corrected chi connectivity index (χ3v) is 6.25. The number of hydrogen-bond donors (Lipinski definition) is 0. The highest BCUT2D eigenvalue weighted by molar-refractivity contribution is 6.10. The number of fused-ring (bicyclic) bond motifs is 3. The Kier molecular flexibility index (Phi) is 5.23. The molecular weight excluding hydrogens is 432 g/mol. The van der Waals surface area contributed by atoms with Crippen molar-refractivity contribution in [3.05, 3.63) is 109 Å². The topological polar surface area (TPSA) is 52.8 Å². The van der Waals surface area contributed by atoms with Gasteiger partial charge in [0, 0.05) is 41.0 Å². The maximum absolute atomic E-state index is 5.92. The first kappa shape index (κ1) is 21.1. The summed E-state index contributed by atoms with van der Waals surface area (Å²) < 4.78 is 8.17. The van der Waals surface area contributed by atoms with Crippen LogP contribution in [-0.4, -0.2) is 19.5 Å². The fourth-order valence-electron chi connectivity index (χ4n) is 4.47. The molecule has 0 unspecified atom stereocenters. The molecule has 0 fully saturated rings. The van der Waals surface area contributed by atoms with E-state index in [0.29, 0.717) is 17.5 Å². The second-order valence-electron chi connectivity index (χ2n) is 8.87. The Hall–Kier alpha value is -4.51. The quantitative estimate of drug-likeness (QED) is 0.269. The SMILES string of the molecule is CC(C)c1ccnc(-n2c3ccccc3c3ccc(-c4cncc(Oc5ccccn5)c4)cc32)c1. The molecule has 5 nitrogen and oxygen atoms in total. The molecule has 0 amide bonds. The van der Waals surface area contributed by atoms with Crippen molar-refractivity contribution in [1.82, 2.24) is 19.5 Å². The highest BCUT2D eigenvalue weighted by atomic mass is 16.5. The Balaban J connectivity index is 1.51. The highest BCUT2D eigenvalue weighted by Crippen LogP contribution is 2.35. The molecule has 6 rings (SSSR count). The van der Waals surface area contributed by atoms with E-state index in [0.717, 1.165) is 28.0 Å². The van der Waals surface area contributed by atoms with Gasteiger partial charge in [0.15, 0.2) is 0 Å². The number of rotatable bonds is 5. The molecule has 0 spiro atoms. The molecule has 0 saturated heterocycles. The zero-order valence-electron chi connectivity index (χ0n) is 19.6. The van der Waals surface area contributed by atoms with E-state index in [9.17, 15) is 0 Å². The lowest BCUT2D eigenvalue weighted by molar-refractivity contribution is 0.461. The highest BCUT2D eigenvalue weighted by Gasteiger charge is 2.15. The minimum absolute atomic E-state index is 0.424. The molecule has 170 valence electrons. The van der Waals surface area contributed by atoms with Gasteiger partial charge >= 0.3 is 0 Å². The van der Waals surface area contributed by atoms with Gasteiger partial charge in [0.25, 0.3) is 0 Å². The third kappa shape index (κ3) is 3.91. The number of para-hydroxylation sites is 1. The van der Waals surface area contributed by atoms with E-state index in [1.54, 1.807) is 12.4 Å². The lowest BCUT2D eigenvalue weighted by atomic mass is 10.0. The lowest BCUT2D eigenvalue weighted by Gasteiger charge is -2.11. The summed E-state index contributed by atoms with van der Waals surface area (Å²) in [6.45, 7) is 4.41. The molecule has 0 atom stereocenters. The zero-order chi connectivity index (χ0) is 23.8. The summed E-state index contributed by atoms with van der Waals surface area (Å²) in [6.07, 6.45) is 7.17. The first-order chi connectivity index (χ1) is 17.2.